The number of carbonyl (C=O) groups is 1. The van der Waals surface area contributed by atoms with Gasteiger partial charge in [0.25, 0.3) is 0 Å². The van der Waals surface area contributed by atoms with Gasteiger partial charge in [0, 0.05) is 24.9 Å². The monoisotopic (exact) mass is 220 g/mol. The lowest BCUT2D eigenvalue weighted by atomic mass is 10.00. The predicted molar refractivity (Wildman–Crippen MR) is 65.1 cm³/mol. The van der Waals surface area contributed by atoms with Gasteiger partial charge in [-0.2, -0.15) is 0 Å². The lowest BCUT2D eigenvalue weighted by Gasteiger charge is -2.14. The summed E-state index contributed by atoms with van der Waals surface area (Å²) >= 11 is 0. The molecule has 0 aliphatic carbocycles. The quantitative estimate of drug-likeness (QED) is 0.825. The Morgan fingerprint density at radius 3 is 2.81 bits per heavy atom. The van der Waals surface area contributed by atoms with Crippen molar-refractivity contribution in [1.82, 2.24) is 10.3 Å². The normalized spacial score (nSPS) is 12.2. The van der Waals surface area contributed by atoms with Gasteiger partial charge < -0.3 is 5.32 Å². The van der Waals surface area contributed by atoms with Crippen LogP contribution < -0.4 is 5.32 Å². The van der Waals surface area contributed by atoms with Crippen LogP contribution in [0.5, 0.6) is 0 Å². The zero-order valence-electron chi connectivity index (χ0n) is 10.3. The highest BCUT2D eigenvalue weighted by molar-refractivity contribution is 5.72. The van der Waals surface area contributed by atoms with E-state index in [4.69, 9.17) is 0 Å². The van der Waals surface area contributed by atoms with E-state index in [0.717, 1.165) is 30.8 Å². The van der Waals surface area contributed by atoms with Crippen LogP contribution >= 0.6 is 0 Å². The molecule has 0 aliphatic heterocycles. The fourth-order valence-corrected chi connectivity index (χ4v) is 1.66. The van der Waals surface area contributed by atoms with Gasteiger partial charge in [-0.3, -0.25) is 9.78 Å². The van der Waals surface area contributed by atoms with E-state index < -0.39 is 0 Å². The summed E-state index contributed by atoms with van der Waals surface area (Å²) in [5, 5.41) is 2.86. The molecule has 3 heteroatoms. The van der Waals surface area contributed by atoms with Crippen molar-refractivity contribution in [2.24, 2.45) is 5.92 Å². The molecule has 1 N–H and O–H groups in total. The van der Waals surface area contributed by atoms with Crippen molar-refractivity contribution in [3.63, 3.8) is 0 Å². The van der Waals surface area contributed by atoms with Crippen molar-refractivity contribution >= 4 is 5.91 Å². The van der Waals surface area contributed by atoms with Gasteiger partial charge in [-0.15, -0.1) is 0 Å². The van der Waals surface area contributed by atoms with Crippen molar-refractivity contribution < 1.29 is 4.79 Å². The molecular weight excluding hydrogens is 200 g/mol. The fourth-order valence-electron chi connectivity index (χ4n) is 1.66. The predicted octanol–water partition coefficient (Wildman–Crippen LogP) is 2.09. The number of nitrogens with zero attached hydrogens (tertiary/aromatic N) is 1. The minimum Gasteiger partial charge on any atom is -0.356 e. The zero-order valence-corrected chi connectivity index (χ0v) is 10.3. The molecule has 0 radical (unpaired) electrons. The summed E-state index contributed by atoms with van der Waals surface area (Å²) in [7, 11) is 0. The molecule has 0 aromatic carbocycles. The second-order valence-electron chi connectivity index (χ2n) is 4.19. The number of hydrogen-bond donors (Lipinski definition) is 1. The first-order valence-electron chi connectivity index (χ1n) is 5.78. The number of nitrogens with one attached hydrogen (secondary N) is 1. The van der Waals surface area contributed by atoms with Crippen LogP contribution in [0.25, 0.3) is 0 Å². The maximum absolute atomic E-state index is 10.8. The van der Waals surface area contributed by atoms with Crippen LogP contribution in [-0.2, 0) is 11.2 Å². The molecule has 88 valence electrons. The van der Waals surface area contributed by atoms with Crippen molar-refractivity contribution in [2.75, 3.05) is 6.54 Å². The van der Waals surface area contributed by atoms with Crippen molar-refractivity contribution in [3.8, 4) is 0 Å². The van der Waals surface area contributed by atoms with Crippen molar-refractivity contribution in [3.05, 3.63) is 29.6 Å². The highest BCUT2D eigenvalue weighted by atomic mass is 16.1. The largest absolute Gasteiger partial charge is 0.356 e. The van der Waals surface area contributed by atoms with Gasteiger partial charge in [0.1, 0.15) is 0 Å². The molecule has 1 unspecified atom stereocenters. The van der Waals surface area contributed by atoms with E-state index in [1.165, 1.54) is 0 Å². The van der Waals surface area contributed by atoms with Crippen LogP contribution in [0.3, 0.4) is 0 Å². The Bertz CT molecular complexity index is 350. The minimum absolute atomic E-state index is 0.0376. The number of pyridine rings is 1. The molecule has 1 atom stereocenters. The highest BCUT2D eigenvalue weighted by Gasteiger charge is 2.08. The van der Waals surface area contributed by atoms with E-state index in [2.05, 4.69) is 17.2 Å². The standard InChI is InChI=1S/C13H20N2O/c1-4-12(9-14-11(3)16)8-13-7-5-6-10(2)15-13/h5-7,12H,4,8-9H2,1-3H3,(H,14,16). The van der Waals surface area contributed by atoms with Crippen LogP contribution in [0.4, 0.5) is 0 Å². The van der Waals surface area contributed by atoms with Gasteiger partial charge in [0.05, 0.1) is 0 Å². The molecule has 16 heavy (non-hydrogen) atoms. The van der Waals surface area contributed by atoms with Crippen molar-refractivity contribution in [2.45, 2.75) is 33.6 Å². The Balaban J connectivity index is 2.52. The smallest absolute Gasteiger partial charge is 0.216 e. The maximum atomic E-state index is 10.8. The molecule has 1 rings (SSSR count). The van der Waals surface area contributed by atoms with Crippen LogP contribution in [0, 0.1) is 12.8 Å². The van der Waals surface area contributed by atoms with E-state index in [0.29, 0.717) is 5.92 Å². The molecule has 0 saturated heterocycles. The van der Waals surface area contributed by atoms with E-state index in [9.17, 15) is 4.79 Å². The number of rotatable bonds is 5. The van der Waals surface area contributed by atoms with Crippen LogP contribution in [-0.4, -0.2) is 17.4 Å². The Hall–Kier alpha value is -1.38. The molecule has 1 amide bonds. The van der Waals surface area contributed by atoms with E-state index in [1.807, 2.05) is 25.1 Å². The molecule has 0 fully saturated rings. The number of hydrogen-bond acceptors (Lipinski definition) is 2. The highest BCUT2D eigenvalue weighted by Crippen LogP contribution is 2.10. The molecule has 0 saturated carbocycles. The maximum Gasteiger partial charge on any atom is 0.216 e. The van der Waals surface area contributed by atoms with Gasteiger partial charge in [0.15, 0.2) is 0 Å². The minimum atomic E-state index is 0.0376. The molecule has 0 bridgehead atoms. The summed E-state index contributed by atoms with van der Waals surface area (Å²) in [5.74, 6) is 0.508. The summed E-state index contributed by atoms with van der Waals surface area (Å²) in [6, 6.07) is 6.07. The third kappa shape index (κ3) is 4.43. The third-order valence-electron chi connectivity index (χ3n) is 2.66. The van der Waals surface area contributed by atoms with E-state index in [1.54, 1.807) is 6.92 Å². The summed E-state index contributed by atoms with van der Waals surface area (Å²) in [5.41, 5.74) is 2.16. The molecule has 0 spiro atoms. The fraction of sp³-hybridized carbons (Fsp3) is 0.538. The van der Waals surface area contributed by atoms with Gasteiger partial charge in [-0.05, 0) is 31.4 Å². The molecule has 1 aromatic rings. The first kappa shape index (κ1) is 12.7. The lowest BCUT2D eigenvalue weighted by Crippen LogP contribution is -2.28. The number of amides is 1. The Labute approximate surface area is 97.3 Å². The number of aromatic nitrogens is 1. The molecule has 1 aromatic heterocycles. The molecule has 0 aliphatic rings. The average molecular weight is 220 g/mol. The summed E-state index contributed by atoms with van der Waals surface area (Å²) in [6.45, 7) is 6.43. The SMILES string of the molecule is CCC(CNC(C)=O)Cc1cccc(C)n1. The van der Waals surface area contributed by atoms with Crippen LogP contribution in [0.2, 0.25) is 0 Å². The Morgan fingerprint density at radius 1 is 1.50 bits per heavy atom. The van der Waals surface area contributed by atoms with Gasteiger partial charge in [-0.1, -0.05) is 19.4 Å². The number of carbonyl (C=O) groups excluding carboxylic acids is 1. The second-order valence-corrected chi connectivity index (χ2v) is 4.19. The average Bonchev–Trinajstić information content (AvgIpc) is 2.24. The summed E-state index contributed by atoms with van der Waals surface area (Å²) in [4.78, 5) is 15.3. The first-order chi connectivity index (χ1) is 7.61. The number of aryl methyl sites for hydroxylation is 1. The first-order valence-corrected chi connectivity index (χ1v) is 5.78. The van der Waals surface area contributed by atoms with Crippen molar-refractivity contribution in [1.29, 1.82) is 0 Å². The van der Waals surface area contributed by atoms with Crippen LogP contribution in [0.1, 0.15) is 31.7 Å². The molecular formula is C13H20N2O. The van der Waals surface area contributed by atoms with Gasteiger partial charge in [0.2, 0.25) is 5.91 Å². The van der Waals surface area contributed by atoms with Gasteiger partial charge >= 0.3 is 0 Å². The van der Waals surface area contributed by atoms with Gasteiger partial charge in [-0.25, -0.2) is 0 Å². The molecule has 3 nitrogen and oxygen atoms in total. The topological polar surface area (TPSA) is 42.0 Å². The third-order valence-corrected chi connectivity index (χ3v) is 2.66. The van der Waals surface area contributed by atoms with E-state index >= 15 is 0 Å². The molecule has 1 heterocycles. The zero-order chi connectivity index (χ0) is 12.0. The second kappa shape index (κ2) is 6.26. The lowest BCUT2D eigenvalue weighted by molar-refractivity contribution is -0.119. The summed E-state index contributed by atoms with van der Waals surface area (Å²) in [6.07, 6.45) is 1.98. The van der Waals surface area contributed by atoms with Crippen LogP contribution in [0.15, 0.2) is 18.2 Å². The van der Waals surface area contributed by atoms with E-state index in [-0.39, 0.29) is 5.91 Å². The Kier molecular flexibility index (Phi) is 4.96. The summed E-state index contributed by atoms with van der Waals surface area (Å²) < 4.78 is 0. The Morgan fingerprint density at radius 2 is 2.25 bits per heavy atom.